The number of hydrogen-bond donors (Lipinski definition) is 2. The lowest BCUT2D eigenvalue weighted by atomic mass is 9.88. The van der Waals surface area contributed by atoms with Crippen LogP contribution in [-0.4, -0.2) is 59.3 Å². The summed E-state index contributed by atoms with van der Waals surface area (Å²) in [6.45, 7) is -0.510. The number of nitrogens with zero attached hydrogens (tertiary/aromatic N) is 2. The van der Waals surface area contributed by atoms with E-state index < -0.39 is 36.9 Å². The van der Waals surface area contributed by atoms with Crippen molar-refractivity contribution in [3.05, 3.63) is 47.4 Å². The van der Waals surface area contributed by atoms with E-state index in [4.69, 9.17) is 9.84 Å². The SMILES string of the molecule is O=C(O)C[C@@H]1CC2=C(C=C(OCCCNc3ccccn3)CC2)CN(CC(F)(F)F)C1=O. The number of halogens is 3. The number of rotatable bonds is 9. The number of carbonyl (C=O) groups is 2. The molecular formula is C22H26F3N3O4. The van der Waals surface area contributed by atoms with Crippen molar-refractivity contribution in [2.75, 3.05) is 31.6 Å². The van der Waals surface area contributed by atoms with Gasteiger partial charge in [-0.1, -0.05) is 11.6 Å². The van der Waals surface area contributed by atoms with Crippen molar-refractivity contribution < 1.29 is 32.6 Å². The standard InChI is InChI=1S/C22H26F3N3O4/c23-22(24,25)14-28-13-17-11-18(32-9-3-8-27-19-4-1-2-7-26-19)6-5-15(17)10-16(21(28)31)12-20(29)30/h1-2,4,7,11,16H,3,5-6,8-10,12-14H2,(H,26,27)(H,29,30)/t16-/m0/s1. The second-order valence-electron chi connectivity index (χ2n) is 7.89. The Hall–Kier alpha value is -3.04. The number of carboxylic acids is 1. The van der Waals surface area contributed by atoms with Crippen molar-refractivity contribution in [1.82, 2.24) is 9.88 Å². The molecule has 0 saturated heterocycles. The minimum atomic E-state index is -4.56. The molecule has 0 unspecified atom stereocenters. The van der Waals surface area contributed by atoms with E-state index in [-0.39, 0.29) is 13.0 Å². The average Bonchev–Trinajstić information content (AvgIpc) is 2.84. The third-order valence-corrected chi connectivity index (χ3v) is 5.35. The van der Waals surface area contributed by atoms with Crippen molar-refractivity contribution in [1.29, 1.82) is 0 Å². The largest absolute Gasteiger partial charge is 0.498 e. The summed E-state index contributed by atoms with van der Waals surface area (Å²) in [5, 5.41) is 12.3. The second-order valence-corrected chi connectivity index (χ2v) is 7.89. The molecule has 1 aliphatic carbocycles. The summed E-state index contributed by atoms with van der Waals surface area (Å²) in [4.78, 5) is 28.6. The molecule has 0 radical (unpaired) electrons. The number of amides is 1. The highest BCUT2D eigenvalue weighted by molar-refractivity contribution is 5.84. The van der Waals surface area contributed by atoms with Gasteiger partial charge in [-0.25, -0.2) is 4.98 Å². The summed E-state index contributed by atoms with van der Waals surface area (Å²) in [6, 6.07) is 5.56. The number of hydrogen-bond acceptors (Lipinski definition) is 5. The number of aliphatic carboxylic acids is 1. The molecule has 0 fully saturated rings. The number of carbonyl (C=O) groups excluding carboxylic acids is 1. The van der Waals surface area contributed by atoms with Crippen molar-refractivity contribution in [3.8, 4) is 0 Å². The van der Waals surface area contributed by atoms with E-state index in [1.54, 1.807) is 12.3 Å². The van der Waals surface area contributed by atoms with Gasteiger partial charge in [-0.3, -0.25) is 9.59 Å². The summed E-state index contributed by atoms with van der Waals surface area (Å²) < 4.78 is 44.9. The molecule has 2 aliphatic rings. The molecule has 3 rings (SSSR count). The fraction of sp³-hybridized carbons (Fsp3) is 0.500. The normalized spacial score (nSPS) is 19.2. The van der Waals surface area contributed by atoms with Crippen LogP contribution in [0.25, 0.3) is 0 Å². The third-order valence-electron chi connectivity index (χ3n) is 5.35. The van der Waals surface area contributed by atoms with Gasteiger partial charge in [0.2, 0.25) is 5.91 Å². The number of allylic oxidation sites excluding steroid dienone is 2. The van der Waals surface area contributed by atoms with Gasteiger partial charge >= 0.3 is 12.1 Å². The van der Waals surface area contributed by atoms with E-state index in [0.717, 1.165) is 11.4 Å². The monoisotopic (exact) mass is 453 g/mol. The van der Waals surface area contributed by atoms with Crippen LogP contribution in [0, 0.1) is 5.92 Å². The highest BCUT2D eigenvalue weighted by atomic mass is 19.4. The van der Waals surface area contributed by atoms with Gasteiger partial charge in [-0.05, 0) is 43.0 Å². The first kappa shape index (κ1) is 23.6. The highest BCUT2D eigenvalue weighted by Crippen LogP contribution is 2.35. The number of pyridine rings is 1. The topological polar surface area (TPSA) is 91.8 Å². The van der Waals surface area contributed by atoms with Crippen molar-refractivity contribution >= 4 is 17.7 Å². The van der Waals surface area contributed by atoms with Gasteiger partial charge in [0.1, 0.15) is 12.4 Å². The van der Waals surface area contributed by atoms with Gasteiger partial charge in [0.25, 0.3) is 0 Å². The minimum absolute atomic E-state index is 0.159. The molecular weight excluding hydrogens is 427 g/mol. The summed E-state index contributed by atoms with van der Waals surface area (Å²) in [6.07, 6.45) is 0.331. The summed E-state index contributed by atoms with van der Waals surface area (Å²) in [7, 11) is 0. The Labute approximate surface area is 184 Å². The first-order valence-electron chi connectivity index (χ1n) is 10.5. The van der Waals surface area contributed by atoms with Gasteiger partial charge in [-0.2, -0.15) is 13.2 Å². The van der Waals surface area contributed by atoms with Crippen LogP contribution in [0.5, 0.6) is 0 Å². The molecule has 2 N–H and O–H groups in total. The molecule has 1 aliphatic heterocycles. The maximum Gasteiger partial charge on any atom is 0.406 e. The number of carboxylic acid groups (broad SMARTS) is 1. The number of anilines is 1. The van der Waals surface area contributed by atoms with Crippen molar-refractivity contribution in [3.63, 3.8) is 0 Å². The molecule has 1 amide bonds. The summed E-state index contributed by atoms with van der Waals surface area (Å²) in [5.74, 6) is -1.53. The van der Waals surface area contributed by atoms with E-state index in [9.17, 15) is 22.8 Å². The maximum atomic E-state index is 13.0. The van der Waals surface area contributed by atoms with Crippen LogP contribution in [0.1, 0.15) is 32.1 Å². The Morgan fingerprint density at radius 1 is 1.31 bits per heavy atom. The summed E-state index contributed by atoms with van der Waals surface area (Å²) >= 11 is 0. The Morgan fingerprint density at radius 3 is 2.81 bits per heavy atom. The average molecular weight is 453 g/mol. The van der Waals surface area contributed by atoms with Gasteiger partial charge < -0.3 is 20.1 Å². The predicted octanol–water partition coefficient (Wildman–Crippen LogP) is 3.76. The molecule has 174 valence electrons. The molecule has 0 bridgehead atoms. The van der Waals surface area contributed by atoms with Crippen LogP contribution in [0.4, 0.5) is 19.0 Å². The molecule has 7 nitrogen and oxygen atoms in total. The maximum absolute atomic E-state index is 13.0. The van der Waals surface area contributed by atoms with Crippen LogP contribution in [0.15, 0.2) is 47.4 Å². The van der Waals surface area contributed by atoms with Crippen LogP contribution in [0.3, 0.4) is 0 Å². The van der Waals surface area contributed by atoms with Crippen LogP contribution in [-0.2, 0) is 14.3 Å². The van der Waals surface area contributed by atoms with Crippen molar-refractivity contribution in [2.24, 2.45) is 5.92 Å². The molecule has 1 aromatic rings. The number of nitrogens with one attached hydrogen (secondary N) is 1. The Morgan fingerprint density at radius 2 is 2.12 bits per heavy atom. The molecule has 1 atom stereocenters. The molecule has 1 aromatic heterocycles. The highest BCUT2D eigenvalue weighted by Gasteiger charge is 2.39. The van der Waals surface area contributed by atoms with Gasteiger partial charge in [0.05, 0.1) is 24.7 Å². The lowest BCUT2D eigenvalue weighted by Crippen LogP contribution is -2.42. The Kier molecular flexibility index (Phi) is 7.76. The number of aromatic nitrogens is 1. The zero-order valence-corrected chi connectivity index (χ0v) is 17.5. The summed E-state index contributed by atoms with van der Waals surface area (Å²) in [5.41, 5.74) is 1.45. The van der Waals surface area contributed by atoms with Gasteiger partial charge in [0, 0.05) is 25.7 Å². The lowest BCUT2D eigenvalue weighted by Gasteiger charge is -2.26. The van der Waals surface area contributed by atoms with Crippen LogP contribution >= 0.6 is 0 Å². The lowest BCUT2D eigenvalue weighted by molar-refractivity contribution is -0.163. The molecule has 10 heteroatoms. The van der Waals surface area contributed by atoms with E-state index in [1.165, 1.54) is 0 Å². The molecule has 2 heterocycles. The zero-order valence-electron chi connectivity index (χ0n) is 17.5. The molecule has 32 heavy (non-hydrogen) atoms. The van der Waals surface area contributed by atoms with Crippen LogP contribution in [0.2, 0.25) is 0 Å². The van der Waals surface area contributed by atoms with Gasteiger partial charge in [0.15, 0.2) is 0 Å². The van der Waals surface area contributed by atoms with E-state index >= 15 is 0 Å². The fourth-order valence-corrected chi connectivity index (χ4v) is 3.91. The molecule has 0 saturated carbocycles. The Balaban J connectivity index is 1.62. The quantitative estimate of drug-likeness (QED) is 0.554. The zero-order chi connectivity index (χ0) is 23.1. The smallest absolute Gasteiger partial charge is 0.406 e. The fourth-order valence-electron chi connectivity index (χ4n) is 3.91. The third kappa shape index (κ3) is 7.00. The van der Waals surface area contributed by atoms with E-state index in [0.29, 0.717) is 48.6 Å². The predicted molar refractivity (Wildman–Crippen MR) is 111 cm³/mol. The minimum Gasteiger partial charge on any atom is -0.498 e. The molecule has 0 spiro atoms. The first-order valence-corrected chi connectivity index (χ1v) is 10.5. The Bertz CT molecular complexity index is 884. The van der Waals surface area contributed by atoms with Crippen molar-refractivity contribution in [2.45, 2.75) is 38.3 Å². The number of ether oxygens (including phenoxy) is 1. The second kappa shape index (κ2) is 10.5. The molecule has 0 aromatic carbocycles. The van der Waals surface area contributed by atoms with E-state index in [1.807, 2.05) is 18.2 Å². The van der Waals surface area contributed by atoms with Gasteiger partial charge in [-0.15, -0.1) is 0 Å². The van der Waals surface area contributed by atoms with Crippen LogP contribution < -0.4 is 5.32 Å². The first-order chi connectivity index (χ1) is 15.2. The number of alkyl halides is 3. The van der Waals surface area contributed by atoms with E-state index in [2.05, 4.69) is 10.3 Å².